The fourth-order valence-corrected chi connectivity index (χ4v) is 1.93. The van der Waals surface area contributed by atoms with Crippen LogP contribution in [0.25, 0.3) is 0 Å². The van der Waals surface area contributed by atoms with Gasteiger partial charge in [0.05, 0.1) is 5.54 Å². The molecule has 0 aliphatic carbocycles. The molecule has 0 bridgehead atoms. The van der Waals surface area contributed by atoms with E-state index in [-0.39, 0.29) is 11.8 Å². The molecule has 5 nitrogen and oxygen atoms in total. The van der Waals surface area contributed by atoms with Crippen LogP contribution in [-0.4, -0.2) is 37.0 Å². The van der Waals surface area contributed by atoms with Crippen molar-refractivity contribution in [3.05, 3.63) is 0 Å². The third-order valence-electron chi connectivity index (χ3n) is 3.08. The van der Waals surface area contributed by atoms with E-state index in [1.165, 1.54) is 0 Å². The Hall–Kier alpha value is -1.10. The molecule has 1 fully saturated rings. The molecule has 0 radical (unpaired) electrons. The molecule has 3 N–H and O–H groups in total. The van der Waals surface area contributed by atoms with Crippen molar-refractivity contribution >= 4 is 11.8 Å². The van der Waals surface area contributed by atoms with Crippen LogP contribution in [0.2, 0.25) is 0 Å². The van der Waals surface area contributed by atoms with Gasteiger partial charge in [-0.1, -0.05) is 6.92 Å². The van der Waals surface area contributed by atoms with Crippen molar-refractivity contribution in [1.82, 2.24) is 16.0 Å². The number of nitrogens with one attached hydrogen (secondary N) is 3. The van der Waals surface area contributed by atoms with Crippen molar-refractivity contribution in [1.29, 1.82) is 0 Å². The molecule has 17 heavy (non-hydrogen) atoms. The maximum absolute atomic E-state index is 11.9. The van der Waals surface area contributed by atoms with Gasteiger partial charge in [0, 0.05) is 19.5 Å². The molecule has 1 saturated heterocycles. The molecular weight excluding hydrogens is 218 g/mol. The van der Waals surface area contributed by atoms with Gasteiger partial charge in [-0.15, -0.1) is 0 Å². The molecule has 0 aromatic heterocycles. The molecule has 1 unspecified atom stereocenters. The predicted octanol–water partition coefficient (Wildman–Crippen LogP) is 0.161. The van der Waals surface area contributed by atoms with Crippen LogP contribution in [-0.2, 0) is 9.59 Å². The van der Waals surface area contributed by atoms with Crippen molar-refractivity contribution in [3.8, 4) is 0 Å². The minimum atomic E-state index is -0.445. The van der Waals surface area contributed by atoms with Crippen molar-refractivity contribution in [2.24, 2.45) is 0 Å². The number of carbonyl (C=O) groups is 2. The molecule has 1 atom stereocenters. The van der Waals surface area contributed by atoms with Crippen LogP contribution in [0.1, 0.15) is 39.5 Å². The number of carbonyl (C=O) groups excluding carboxylic acids is 2. The lowest BCUT2D eigenvalue weighted by atomic mass is 9.99. The molecule has 1 aliphatic heterocycles. The van der Waals surface area contributed by atoms with E-state index in [1.54, 1.807) is 0 Å². The van der Waals surface area contributed by atoms with Gasteiger partial charge in [-0.2, -0.15) is 0 Å². The standard InChI is InChI=1S/C12H23N3O2/c1-3-7-13-10(16)5-9-14-11(17)12(2)6-4-8-15-12/h15H,3-9H2,1-2H3,(H,13,16)(H,14,17). The summed E-state index contributed by atoms with van der Waals surface area (Å²) in [5.74, 6) is -0.00465. The monoisotopic (exact) mass is 241 g/mol. The average Bonchev–Trinajstić information content (AvgIpc) is 2.74. The van der Waals surface area contributed by atoms with Gasteiger partial charge in [-0.05, 0) is 32.7 Å². The molecule has 98 valence electrons. The topological polar surface area (TPSA) is 70.2 Å². The Morgan fingerprint density at radius 2 is 2.06 bits per heavy atom. The van der Waals surface area contributed by atoms with Gasteiger partial charge >= 0.3 is 0 Å². The second-order valence-electron chi connectivity index (χ2n) is 4.72. The zero-order chi connectivity index (χ0) is 12.7. The molecule has 5 heteroatoms. The maximum Gasteiger partial charge on any atom is 0.240 e. The number of hydrogen-bond donors (Lipinski definition) is 3. The van der Waals surface area contributed by atoms with Gasteiger partial charge in [0.2, 0.25) is 11.8 Å². The van der Waals surface area contributed by atoms with E-state index >= 15 is 0 Å². The first-order chi connectivity index (χ1) is 8.08. The normalized spacial score (nSPS) is 23.4. The van der Waals surface area contributed by atoms with Crippen LogP contribution < -0.4 is 16.0 Å². The first-order valence-corrected chi connectivity index (χ1v) is 6.38. The SMILES string of the molecule is CCCNC(=O)CCNC(=O)C1(C)CCCN1. The molecule has 0 spiro atoms. The third-order valence-corrected chi connectivity index (χ3v) is 3.08. The molecule has 1 aliphatic rings. The summed E-state index contributed by atoms with van der Waals surface area (Å²) < 4.78 is 0. The summed E-state index contributed by atoms with van der Waals surface area (Å²) in [6.45, 7) is 5.92. The fourth-order valence-electron chi connectivity index (χ4n) is 1.93. The Kier molecular flexibility index (Phi) is 5.41. The Bertz CT molecular complexity index is 273. The average molecular weight is 241 g/mol. The number of amides is 2. The molecule has 0 aromatic carbocycles. The molecule has 0 aromatic rings. The van der Waals surface area contributed by atoms with Gasteiger partial charge in [-0.25, -0.2) is 0 Å². The zero-order valence-electron chi connectivity index (χ0n) is 10.8. The molecular formula is C12H23N3O2. The third kappa shape index (κ3) is 4.34. The Morgan fingerprint density at radius 3 is 2.65 bits per heavy atom. The fraction of sp³-hybridized carbons (Fsp3) is 0.833. The maximum atomic E-state index is 11.9. The highest BCUT2D eigenvalue weighted by atomic mass is 16.2. The van der Waals surface area contributed by atoms with E-state index < -0.39 is 5.54 Å². The van der Waals surface area contributed by atoms with Crippen molar-refractivity contribution in [3.63, 3.8) is 0 Å². The van der Waals surface area contributed by atoms with E-state index in [4.69, 9.17) is 0 Å². The van der Waals surface area contributed by atoms with Crippen LogP contribution in [0.15, 0.2) is 0 Å². The summed E-state index contributed by atoms with van der Waals surface area (Å²) in [4.78, 5) is 23.2. The summed E-state index contributed by atoms with van der Waals surface area (Å²) in [6, 6.07) is 0. The number of rotatable bonds is 6. The minimum absolute atomic E-state index is 0.00158. The lowest BCUT2D eigenvalue weighted by Crippen LogP contribution is -2.51. The summed E-state index contributed by atoms with van der Waals surface area (Å²) >= 11 is 0. The van der Waals surface area contributed by atoms with E-state index in [1.807, 2.05) is 13.8 Å². The highest BCUT2D eigenvalue weighted by Gasteiger charge is 2.35. The number of hydrogen-bond acceptors (Lipinski definition) is 3. The van der Waals surface area contributed by atoms with Gasteiger partial charge in [0.1, 0.15) is 0 Å². The smallest absolute Gasteiger partial charge is 0.240 e. The highest BCUT2D eigenvalue weighted by molar-refractivity contribution is 5.86. The van der Waals surface area contributed by atoms with Crippen LogP contribution >= 0.6 is 0 Å². The lowest BCUT2D eigenvalue weighted by Gasteiger charge is -2.22. The molecule has 1 rings (SSSR count). The predicted molar refractivity (Wildman–Crippen MR) is 66.6 cm³/mol. The van der Waals surface area contributed by atoms with Crippen molar-refractivity contribution < 1.29 is 9.59 Å². The molecule has 0 saturated carbocycles. The Labute approximate surface area is 103 Å². The lowest BCUT2D eigenvalue weighted by molar-refractivity contribution is -0.126. The largest absolute Gasteiger partial charge is 0.356 e. The van der Waals surface area contributed by atoms with Crippen LogP contribution in [0, 0.1) is 0 Å². The van der Waals surface area contributed by atoms with Crippen LogP contribution in [0.5, 0.6) is 0 Å². The quantitative estimate of drug-likeness (QED) is 0.620. The van der Waals surface area contributed by atoms with Gasteiger partial charge in [0.15, 0.2) is 0 Å². The van der Waals surface area contributed by atoms with Crippen LogP contribution in [0.3, 0.4) is 0 Å². The minimum Gasteiger partial charge on any atom is -0.356 e. The van der Waals surface area contributed by atoms with Crippen molar-refractivity contribution in [2.45, 2.75) is 45.1 Å². The molecule has 2 amide bonds. The molecule has 1 heterocycles. The summed E-state index contributed by atoms with van der Waals surface area (Å²) in [6.07, 6.45) is 3.17. The van der Waals surface area contributed by atoms with Crippen molar-refractivity contribution in [2.75, 3.05) is 19.6 Å². The van der Waals surface area contributed by atoms with Gasteiger partial charge in [-0.3, -0.25) is 9.59 Å². The first-order valence-electron chi connectivity index (χ1n) is 6.38. The summed E-state index contributed by atoms with van der Waals surface area (Å²) in [7, 11) is 0. The van der Waals surface area contributed by atoms with E-state index in [0.29, 0.717) is 19.5 Å². The van der Waals surface area contributed by atoms with E-state index in [9.17, 15) is 9.59 Å². The summed E-state index contributed by atoms with van der Waals surface area (Å²) in [5.41, 5.74) is -0.445. The zero-order valence-corrected chi connectivity index (χ0v) is 10.8. The Balaban J connectivity index is 2.18. The van der Waals surface area contributed by atoms with Gasteiger partial charge in [0.25, 0.3) is 0 Å². The second kappa shape index (κ2) is 6.59. The van der Waals surface area contributed by atoms with Crippen LogP contribution in [0.4, 0.5) is 0 Å². The first kappa shape index (κ1) is 14.0. The van der Waals surface area contributed by atoms with E-state index in [0.717, 1.165) is 25.8 Å². The summed E-state index contributed by atoms with van der Waals surface area (Å²) in [5, 5.41) is 8.78. The van der Waals surface area contributed by atoms with Gasteiger partial charge < -0.3 is 16.0 Å². The highest BCUT2D eigenvalue weighted by Crippen LogP contribution is 2.18. The Morgan fingerprint density at radius 1 is 1.29 bits per heavy atom. The van der Waals surface area contributed by atoms with E-state index in [2.05, 4.69) is 16.0 Å². The second-order valence-corrected chi connectivity index (χ2v) is 4.72.